The van der Waals surface area contributed by atoms with E-state index in [1.807, 2.05) is 6.07 Å². The van der Waals surface area contributed by atoms with Crippen LogP contribution >= 0.6 is 0 Å². The molecule has 0 spiro atoms. The average Bonchev–Trinajstić information content (AvgIpc) is 3.07. The number of nitrogens with two attached hydrogens (primary N) is 1. The van der Waals surface area contributed by atoms with Gasteiger partial charge in [-0.15, -0.1) is 0 Å². The lowest BCUT2D eigenvalue weighted by atomic mass is 10.0. The largest absolute Gasteiger partial charge is 0.417 e. The number of nitrogens with zero attached hydrogens (tertiary/aromatic N) is 3. The molecule has 1 saturated heterocycles. The van der Waals surface area contributed by atoms with Crippen molar-refractivity contribution in [2.75, 3.05) is 19.8 Å². The Balaban J connectivity index is 1.63. The summed E-state index contributed by atoms with van der Waals surface area (Å²) in [5.74, 6) is -1.13. The number of hydrogen-bond donors (Lipinski definition) is 1. The highest BCUT2D eigenvalue weighted by molar-refractivity contribution is 6.04. The highest BCUT2D eigenvalue weighted by Crippen LogP contribution is 2.34. The molecule has 2 heterocycles. The normalized spacial score (nSPS) is 21.3. The number of guanidine groups is 1. The Hall–Kier alpha value is -3.40. The summed E-state index contributed by atoms with van der Waals surface area (Å²) in [4.78, 5) is 32.8. The van der Waals surface area contributed by atoms with Crippen molar-refractivity contribution >= 4 is 17.8 Å². The van der Waals surface area contributed by atoms with Crippen LogP contribution in [-0.4, -0.2) is 53.4 Å². The fraction of sp³-hybridized carbons (Fsp3) is 0.348. The van der Waals surface area contributed by atoms with Gasteiger partial charge >= 0.3 is 6.18 Å². The lowest BCUT2D eigenvalue weighted by Gasteiger charge is -2.34. The minimum atomic E-state index is -4.71. The zero-order valence-electron chi connectivity index (χ0n) is 17.9. The third kappa shape index (κ3) is 4.56. The predicted octanol–water partition coefficient (Wildman–Crippen LogP) is 2.96. The minimum absolute atomic E-state index is 0.0246. The summed E-state index contributed by atoms with van der Waals surface area (Å²) in [6.07, 6.45) is -4.71. The number of aliphatic imine (C=N–C) groups is 1. The van der Waals surface area contributed by atoms with Gasteiger partial charge in [-0.1, -0.05) is 36.4 Å². The van der Waals surface area contributed by atoms with Crippen LogP contribution in [0.4, 0.5) is 13.2 Å². The number of alkyl halides is 3. The Morgan fingerprint density at radius 1 is 1.21 bits per heavy atom. The summed E-state index contributed by atoms with van der Waals surface area (Å²) in [6.45, 7) is 2.33. The van der Waals surface area contributed by atoms with E-state index >= 15 is 0 Å². The van der Waals surface area contributed by atoms with Gasteiger partial charge in [-0.3, -0.25) is 14.5 Å². The van der Waals surface area contributed by atoms with E-state index in [2.05, 4.69) is 4.99 Å². The molecule has 2 aromatic rings. The number of ether oxygens (including phenoxy) is 1. The molecule has 2 unspecified atom stereocenters. The van der Waals surface area contributed by atoms with E-state index in [1.165, 1.54) is 21.9 Å². The van der Waals surface area contributed by atoms with Crippen molar-refractivity contribution < 1.29 is 27.5 Å². The maximum atomic E-state index is 13.7. The SMILES string of the molecule is CC1COCCN1C(=O)c1cc(CN2C(=O)C(c3ccccc3)N=C2N)ccc1C(F)(F)F. The molecule has 2 aromatic carbocycles. The first-order valence-electron chi connectivity index (χ1n) is 10.4. The Morgan fingerprint density at radius 2 is 1.94 bits per heavy atom. The van der Waals surface area contributed by atoms with Crippen LogP contribution in [0, 0.1) is 0 Å². The first-order valence-corrected chi connectivity index (χ1v) is 10.4. The summed E-state index contributed by atoms with van der Waals surface area (Å²) in [5, 5.41) is 0. The quantitative estimate of drug-likeness (QED) is 0.760. The number of morpholine rings is 1. The molecule has 0 saturated carbocycles. The van der Waals surface area contributed by atoms with E-state index < -0.39 is 29.3 Å². The lowest BCUT2D eigenvalue weighted by Crippen LogP contribution is -2.47. The smallest absolute Gasteiger partial charge is 0.377 e. The van der Waals surface area contributed by atoms with E-state index in [4.69, 9.17) is 10.5 Å². The van der Waals surface area contributed by atoms with Gasteiger partial charge in [0.05, 0.1) is 36.9 Å². The number of amides is 2. The van der Waals surface area contributed by atoms with Crippen molar-refractivity contribution in [2.45, 2.75) is 31.7 Å². The standard InChI is InChI=1S/C23H23F3N4O3/c1-14-13-33-10-9-29(14)20(31)17-11-15(7-8-18(17)23(24,25)26)12-30-21(32)19(28-22(30)27)16-5-3-2-4-6-16/h2-8,11,14,19H,9-10,12-13H2,1H3,(H2,27,28). The lowest BCUT2D eigenvalue weighted by molar-refractivity contribution is -0.138. The Morgan fingerprint density at radius 3 is 2.61 bits per heavy atom. The first kappa shape index (κ1) is 22.8. The average molecular weight is 460 g/mol. The molecule has 2 N–H and O–H groups in total. The molecule has 4 rings (SSSR count). The zero-order chi connectivity index (χ0) is 23.8. The number of rotatable bonds is 4. The van der Waals surface area contributed by atoms with Crippen LogP contribution in [0.25, 0.3) is 0 Å². The van der Waals surface area contributed by atoms with E-state index in [0.29, 0.717) is 11.1 Å². The zero-order valence-corrected chi connectivity index (χ0v) is 17.9. The second kappa shape index (κ2) is 8.86. The molecule has 0 aromatic heterocycles. The molecule has 33 heavy (non-hydrogen) atoms. The number of carbonyl (C=O) groups is 2. The van der Waals surface area contributed by atoms with Crippen LogP contribution in [0.15, 0.2) is 53.5 Å². The number of halogens is 3. The van der Waals surface area contributed by atoms with Gasteiger partial charge < -0.3 is 15.4 Å². The van der Waals surface area contributed by atoms with E-state index in [9.17, 15) is 22.8 Å². The highest BCUT2D eigenvalue weighted by atomic mass is 19.4. The molecule has 0 bridgehead atoms. The van der Waals surface area contributed by atoms with Crippen molar-refractivity contribution in [3.63, 3.8) is 0 Å². The molecular weight excluding hydrogens is 437 g/mol. The van der Waals surface area contributed by atoms with Crippen molar-refractivity contribution in [3.05, 3.63) is 70.8 Å². The van der Waals surface area contributed by atoms with Gasteiger partial charge in [0.2, 0.25) is 0 Å². The van der Waals surface area contributed by atoms with Gasteiger partial charge in [-0.2, -0.15) is 13.2 Å². The van der Waals surface area contributed by atoms with Crippen LogP contribution in [0.2, 0.25) is 0 Å². The Kier molecular flexibility index (Phi) is 6.11. The highest BCUT2D eigenvalue weighted by Gasteiger charge is 2.38. The Labute approximate surface area is 188 Å². The molecule has 174 valence electrons. The van der Waals surface area contributed by atoms with Crippen molar-refractivity contribution in [2.24, 2.45) is 10.7 Å². The van der Waals surface area contributed by atoms with Crippen LogP contribution in [0.3, 0.4) is 0 Å². The molecule has 0 aliphatic carbocycles. The van der Waals surface area contributed by atoms with Gasteiger partial charge in [0.1, 0.15) is 0 Å². The number of hydrogen-bond acceptors (Lipinski definition) is 5. The summed E-state index contributed by atoms with van der Waals surface area (Å²) >= 11 is 0. The summed E-state index contributed by atoms with van der Waals surface area (Å²) < 4.78 is 46.3. The van der Waals surface area contributed by atoms with E-state index in [0.717, 1.165) is 6.07 Å². The van der Waals surface area contributed by atoms with Crippen molar-refractivity contribution in [1.82, 2.24) is 9.80 Å². The molecule has 2 aliphatic heterocycles. The fourth-order valence-electron chi connectivity index (χ4n) is 4.01. The number of carbonyl (C=O) groups excluding carboxylic acids is 2. The van der Waals surface area contributed by atoms with Gasteiger partial charge in [-0.05, 0) is 30.2 Å². The number of benzene rings is 2. The second-order valence-electron chi connectivity index (χ2n) is 8.03. The van der Waals surface area contributed by atoms with Crippen LogP contribution in [0.5, 0.6) is 0 Å². The Bertz CT molecular complexity index is 1090. The maximum absolute atomic E-state index is 13.7. The van der Waals surface area contributed by atoms with Gasteiger partial charge in [-0.25, -0.2) is 4.99 Å². The summed E-state index contributed by atoms with van der Waals surface area (Å²) in [7, 11) is 0. The fourth-order valence-corrected chi connectivity index (χ4v) is 4.01. The summed E-state index contributed by atoms with van der Waals surface area (Å²) in [5.41, 5.74) is 5.48. The predicted molar refractivity (Wildman–Crippen MR) is 114 cm³/mol. The molecule has 10 heteroatoms. The van der Waals surface area contributed by atoms with Crippen LogP contribution < -0.4 is 5.73 Å². The molecule has 2 aliphatic rings. The van der Waals surface area contributed by atoms with E-state index in [-0.39, 0.29) is 44.2 Å². The third-order valence-corrected chi connectivity index (χ3v) is 5.74. The molecule has 7 nitrogen and oxygen atoms in total. The molecule has 2 atom stereocenters. The summed E-state index contributed by atoms with van der Waals surface area (Å²) in [6, 6.07) is 11.0. The van der Waals surface area contributed by atoms with Crippen molar-refractivity contribution in [1.29, 1.82) is 0 Å². The van der Waals surface area contributed by atoms with Gasteiger partial charge in [0.15, 0.2) is 12.0 Å². The minimum Gasteiger partial charge on any atom is -0.377 e. The molecule has 1 fully saturated rings. The maximum Gasteiger partial charge on any atom is 0.417 e. The molecular formula is C23H23F3N4O3. The third-order valence-electron chi connectivity index (χ3n) is 5.74. The van der Waals surface area contributed by atoms with E-state index in [1.54, 1.807) is 31.2 Å². The molecule has 0 radical (unpaired) electrons. The molecule has 2 amide bonds. The second-order valence-corrected chi connectivity index (χ2v) is 8.03. The topological polar surface area (TPSA) is 88.2 Å². The first-order chi connectivity index (χ1) is 15.7. The van der Waals surface area contributed by atoms with Crippen molar-refractivity contribution in [3.8, 4) is 0 Å². The van der Waals surface area contributed by atoms with Crippen LogP contribution in [0.1, 0.15) is 40.0 Å². The van der Waals surface area contributed by atoms with Crippen LogP contribution in [-0.2, 0) is 22.3 Å². The van der Waals surface area contributed by atoms with Gasteiger partial charge in [0.25, 0.3) is 11.8 Å². The monoisotopic (exact) mass is 460 g/mol. The van der Waals surface area contributed by atoms with Gasteiger partial charge in [0, 0.05) is 6.54 Å².